The van der Waals surface area contributed by atoms with E-state index in [1.165, 1.54) is 0 Å². The first-order valence-corrected chi connectivity index (χ1v) is 6.85. The van der Waals surface area contributed by atoms with Crippen LogP contribution in [0, 0.1) is 0 Å². The maximum atomic E-state index is 9.61. The van der Waals surface area contributed by atoms with E-state index in [0.717, 1.165) is 5.56 Å². The van der Waals surface area contributed by atoms with Crippen LogP contribution in [0.1, 0.15) is 19.4 Å². The number of aromatic hydroxyl groups is 1. The van der Waals surface area contributed by atoms with Crippen molar-refractivity contribution in [3.8, 4) is 5.75 Å². The van der Waals surface area contributed by atoms with Gasteiger partial charge in [0.25, 0.3) is 0 Å². The summed E-state index contributed by atoms with van der Waals surface area (Å²) in [4.78, 5) is 0. The van der Waals surface area contributed by atoms with Gasteiger partial charge >= 0.3 is 0 Å². The quantitative estimate of drug-likeness (QED) is 0.838. The highest BCUT2D eigenvalue weighted by molar-refractivity contribution is 9.11. The van der Waals surface area contributed by atoms with Gasteiger partial charge in [0.05, 0.1) is 15.6 Å². The summed E-state index contributed by atoms with van der Waals surface area (Å²) in [6.07, 6.45) is 0. The summed E-state index contributed by atoms with van der Waals surface area (Å²) in [6, 6.07) is 3.80. The Morgan fingerprint density at radius 3 is 2.29 bits per heavy atom. The average Bonchev–Trinajstić information content (AvgIpc) is 2.23. The van der Waals surface area contributed by atoms with Gasteiger partial charge in [-0.05, 0) is 63.4 Å². The van der Waals surface area contributed by atoms with E-state index in [4.69, 9.17) is 4.74 Å². The molecule has 0 amide bonds. The molecule has 0 saturated heterocycles. The van der Waals surface area contributed by atoms with Crippen molar-refractivity contribution in [1.82, 2.24) is 5.32 Å². The summed E-state index contributed by atoms with van der Waals surface area (Å²) in [5.74, 6) is 0.227. The number of halogens is 2. The lowest BCUT2D eigenvalue weighted by molar-refractivity contribution is 0.127. The molecular formula is C12H17Br2NO2. The molecule has 0 saturated carbocycles. The first-order chi connectivity index (χ1) is 7.85. The molecule has 0 spiro atoms. The Morgan fingerprint density at radius 2 is 1.82 bits per heavy atom. The molecule has 0 fully saturated rings. The summed E-state index contributed by atoms with van der Waals surface area (Å²) in [5.41, 5.74) is 1.01. The van der Waals surface area contributed by atoms with Crippen LogP contribution in [0.5, 0.6) is 5.75 Å². The monoisotopic (exact) mass is 365 g/mol. The topological polar surface area (TPSA) is 41.5 Å². The van der Waals surface area contributed by atoms with Crippen LogP contribution >= 0.6 is 31.9 Å². The van der Waals surface area contributed by atoms with Crippen molar-refractivity contribution >= 4 is 31.9 Å². The van der Waals surface area contributed by atoms with Gasteiger partial charge in [0.15, 0.2) is 0 Å². The van der Waals surface area contributed by atoms with Crippen LogP contribution in [0.3, 0.4) is 0 Å². The zero-order chi connectivity index (χ0) is 13.1. The van der Waals surface area contributed by atoms with Crippen molar-refractivity contribution in [3.63, 3.8) is 0 Å². The third-order valence-corrected chi connectivity index (χ3v) is 3.56. The van der Waals surface area contributed by atoms with Gasteiger partial charge in [-0.1, -0.05) is 0 Å². The van der Waals surface area contributed by atoms with Gasteiger partial charge < -0.3 is 15.2 Å². The van der Waals surface area contributed by atoms with Crippen molar-refractivity contribution in [2.75, 3.05) is 13.7 Å². The first-order valence-electron chi connectivity index (χ1n) is 5.26. The second-order valence-electron chi connectivity index (χ2n) is 4.58. The molecule has 0 unspecified atom stereocenters. The molecule has 0 heterocycles. The molecule has 1 aromatic carbocycles. The maximum Gasteiger partial charge on any atom is 0.143 e. The van der Waals surface area contributed by atoms with Crippen LogP contribution in [-0.4, -0.2) is 24.4 Å². The van der Waals surface area contributed by atoms with Crippen molar-refractivity contribution in [3.05, 3.63) is 26.6 Å². The molecule has 0 radical (unpaired) electrons. The van der Waals surface area contributed by atoms with Gasteiger partial charge in [-0.3, -0.25) is 0 Å². The van der Waals surface area contributed by atoms with Crippen molar-refractivity contribution in [1.29, 1.82) is 0 Å². The van der Waals surface area contributed by atoms with E-state index in [-0.39, 0.29) is 11.3 Å². The lowest BCUT2D eigenvalue weighted by Gasteiger charge is -2.25. The second-order valence-corrected chi connectivity index (χ2v) is 6.29. The second kappa shape index (κ2) is 6.18. The van der Waals surface area contributed by atoms with Crippen molar-refractivity contribution in [2.24, 2.45) is 0 Å². The summed E-state index contributed by atoms with van der Waals surface area (Å²) < 4.78 is 6.52. The Balaban J connectivity index is 2.70. The lowest BCUT2D eigenvalue weighted by atomic mass is 10.1. The molecule has 0 bridgehead atoms. The fourth-order valence-electron chi connectivity index (χ4n) is 1.47. The highest BCUT2D eigenvalue weighted by atomic mass is 79.9. The highest BCUT2D eigenvalue weighted by Crippen LogP contribution is 2.33. The Labute approximate surface area is 119 Å². The van der Waals surface area contributed by atoms with Crippen LogP contribution < -0.4 is 5.32 Å². The van der Waals surface area contributed by atoms with Gasteiger partial charge in [0, 0.05) is 19.2 Å². The van der Waals surface area contributed by atoms with E-state index in [9.17, 15) is 5.11 Å². The van der Waals surface area contributed by atoms with Crippen LogP contribution in [0.25, 0.3) is 0 Å². The number of phenols is 1. The molecule has 3 nitrogen and oxygen atoms in total. The zero-order valence-corrected chi connectivity index (χ0v) is 13.4. The number of nitrogens with one attached hydrogen (secondary N) is 1. The fraction of sp³-hybridized carbons (Fsp3) is 0.500. The number of hydrogen-bond donors (Lipinski definition) is 2. The molecule has 5 heteroatoms. The van der Waals surface area contributed by atoms with E-state index >= 15 is 0 Å². The van der Waals surface area contributed by atoms with E-state index in [2.05, 4.69) is 51.0 Å². The Bertz CT molecular complexity index is 371. The summed E-state index contributed by atoms with van der Waals surface area (Å²) in [6.45, 7) is 5.53. The zero-order valence-electron chi connectivity index (χ0n) is 10.2. The Kier molecular flexibility index (Phi) is 5.44. The van der Waals surface area contributed by atoms with Gasteiger partial charge in [-0.2, -0.15) is 0 Å². The minimum Gasteiger partial charge on any atom is -0.506 e. The van der Waals surface area contributed by atoms with Gasteiger partial charge in [-0.15, -0.1) is 0 Å². The molecule has 0 atom stereocenters. The number of ether oxygens (including phenoxy) is 1. The number of rotatable bonds is 5. The lowest BCUT2D eigenvalue weighted by Crippen LogP contribution is -2.42. The molecule has 1 rings (SSSR count). The third-order valence-electron chi connectivity index (χ3n) is 2.35. The van der Waals surface area contributed by atoms with Crippen LogP contribution in [-0.2, 0) is 11.3 Å². The van der Waals surface area contributed by atoms with E-state index in [0.29, 0.717) is 22.1 Å². The number of methoxy groups -OCH3 is 1. The smallest absolute Gasteiger partial charge is 0.143 e. The number of benzene rings is 1. The van der Waals surface area contributed by atoms with Crippen LogP contribution in [0.4, 0.5) is 0 Å². The molecular weight excluding hydrogens is 350 g/mol. The average molecular weight is 367 g/mol. The largest absolute Gasteiger partial charge is 0.506 e. The third kappa shape index (κ3) is 4.58. The van der Waals surface area contributed by atoms with Crippen molar-refractivity contribution < 1.29 is 9.84 Å². The predicted octanol–water partition coefficient (Wildman–Crippen LogP) is 3.43. The molecule has 0 aliphatic heterocycles. The number of phenolic OH excluding ortho intramolecular Hbond substituents is 1. The normalized spacial score (nSPS) is 11.8. The number of hydrogen-bond acceptors (Lipinski definition) is 3. The molecule has 0 aliphatic rings. The molecule has 2 N–H and O–H groups in total. The summed E-state index contributed by atoms with van der Waals surface area (Å²) >= 11 is 6.63. The van der Waals surface area contributed by atoms with Crippen LogP contribution in [0.15, 0.2) is 21.1 Å². The van der Waals surface area contributed by atoms with Crippen molar-refractivity contribution in [2.45, 2.75) is 25.9 Å². The highest BCUT2D eigenvalue weighted by Gasteiger charge is 2.16. The maximum absolute atomic E-state index is 9.61. The van der Waals surface area contributed by atoms with E-state index < -0.39 is 0 Å². The molecule has 0 aromatic heterocycles. The molecule has 96 valence electrons. The predicted molar refractivity (Wildman–Crippen MR) is 76.3 cm³/mol. The van der Waals surface area contributed by atoms with E-state index in [1.807, 2.05) is 12.1 Å². The van der Waals surface area contributed by atoms with E-state index in [1.54, 1.807) is 7.11 Å². The van der Waals surface area contributed by atoms with Crippen LogP contribution in [0.2, 0.25) is 0 Å². The molecule has 1 aromatic rings. The summed E-state index contributed by atoms with van der Waals surface area (Å²) in [5, 5.41) is 13.0. The Morgan fingerprint density at radius 1 is 1.29 bits per heavy atom. The standard InChI is InChI=1S/C12H17Br2NO2/c1-12(2,7-17-3)15-6-8-4-9(13)11(16)10(14)5-8/h4-5,15-16H,6-7H2,1-3H3. The summed E-state index contributed by atoms with van der Waals surface area (Å²) in [7, 11) is 1.69. The minimum atomic E-state index is -0.0778. The molecule has 17 heavy (non-hydrogen) atoms. The minimum absolute atomic E-state index is 0.0778. The SMILES string of the molecule is COCC(C)(C)NCc1cc(Br)c(O)c(Br)c1. The first kappa shape index (κ1) is 15.0. The Hall–Kier alpha value is -0.100. The van der Waals surface area contributed by atoms with Gasteiger partial charge in [-0.25, -0.2) is 0 Å². The van der Waals surface area contributed by atoms with Gasteiger partial charge in [0.2, 0.25) is 0 Å². The van der Waals surface area contributed by atoms with Gasteiger partial charge in [0.1, 0.15) is 5.75 Å². The fourth-order valence-corrected chi connectivity index (χ4v) is 2.75. The molecule has 0 aliphatic carbocycles.